The first kappa shape index (κ1) is 18.3. The molecule has 0 saturated carbocycles. The third kappa shape index (κ3) is 3.41. The van der Waals surface area contributed by atoms with E-state index in [9.17, 15) is 9.18 Å². The Morgan fingerprint density at radius 3 is 2.62 bits per heavy atom. The Labute approximate surface area is 155 Å². The lowest BCUT2D eigenvalue weighted by molar-refractivity contribution is 0.0637. The van der Waals surface area contributed by atoms with Crippen molar-refractivity contribution >= 4 is 22.7 Å². The second-order valence-corrected chi connectivity index (χ2v) is 6.87. The second kappa shape index (κ2) is 7.41. The van der Waals surface area contributed by atoms with Crippen molar-refractivity contribution in [2.45, 2.75) is 26.4 Å². The molecule has 0 spiro atoms. The van der Waals surface area contributed by atoms with Crippen LogP contribution in [0, 0.1) is 5.82 Å². The quantitative estimate of drug-likeness (QED) is 0.612. The molecule has 1 aliphatic rings. The van der Waals surface area contributed by atoms with Gasteiger partial charge in [0.25, 0.3) is 5.91 Å². The summed E-state index contributed by atoms with van der Waals surface area (Å²) >= 11 is 1.49. The largest absolute Gasteiger partial charge is 0.327 e. The average Bonchev–Trinajstić information content (AvgIpc) is 3.05. The molecule has 0 saturated heterocycles. The Bertz CT molecular complexity index is 874. The van der Waals surface area contributed by atoms with Crippen LogP contribution in [0.15, 0.2) is 41.5 Å². The van der Waals surface area contributed by atoms with Crippen molar-refractivity contribution in [2.75, 3.05) is 12.8 Å². The van der Waals surface area contributed by atoms with Gasteiger partial charge in [-0.1, -0.05) is 6.58 Å². The number of rotatable bonds is 3. The van der Waals surface area contributed by atoms with Gasteiger partial charge in [0.2, 0.25) is 0 Å². The number of amides is 1. The molecule has 0 fully saturated rings. The summed E-state index contributed by atoms with van der Waals surface area (Å²) in [4.78, 5) is 18.9. The van der Waals surface area contributed by atoms with Crippen LogP contribution in [0.1, 0.15) is 41.9 Å². The minimum Gasteiger partial charge on any atom is -0.327 e. The molecule has 1 amide bonds. The van der Waals surface area contributed by atoms with Gasteiger partial charge in [0.05, 0.1) is 6.04 Å². The van der Waals surface area contributed by atoms with Crippen molar-refractivity contribution in [3.63, 3.8) is 0 Å². The molecule has 136 valence electrons. The predicted octanol–water partition coefficient (Wildman–Crippen LogP) is 3.28. The number of halogens is 1. The van der Waals surface area contributed by atoms with Crippen LogP contribution in [-0.4, -0.2) is 43.4 Å². The van der Waals surface area contributed by atoms with Crippen LogP contribution in [0.3, 0.4) is 0 Å². The van der Waals surface area contributed by atoms with Gasteiger partial charge in [0.15, 0.2) is 11.6 Å². The van der Waals surface area contributed by atoms with E-state index in [0.29, 0.717) is 36.0 Å². The fourth-order valence-corrected chi connectivity index (χ4v) is 3.52. The number of benzene rings is 1. The maximum atomic E-state index is 13.1. The highest BCUT2D eigenvalue weighted by molar-refractivity contribution is 8.13. The number of hydrogen-bond acceptors (Lipinski definition) is 5. The van der Waals surface area contributed by atoms with Gasteiger partial charge in [-0.05, 0) is 44.4 Å². The fourth-order valence-electron chi connectivity index (χ4n) is 2.94. The van der Waals surface area contributed by atoms with E-state index >= 15 is 0 Å². The van der Waals surface area contributed by atoms with E-state index in [-0.39, 0.29) is 17.8 Å². The Balaban J connectivity index is 1.90. The van der Waals surface area contributed by atoms with Crippen LogP contribution in [0.5, 0.6) is 0 Å². The molecule has 2 aromatic rings. The van der Waals surface area contributed by atoms with E-state index in [1.807, 2.05) is 24.7 Å². The minimum absolute atomic E-state index is 0.144. The zero-order chi connectivity index (χ0) is 18.8. The highest BCUT2D eigenvalue weighted by Crippen LogP contribution is 2.27. The van der Waals surface area contributed by atoms with Gasteiger partial charge < -0.3 is 9.47 Å². The summed E-state index contributed by atoms with van der Waals surface area (Å²) in [6, 6.07) is 5.35. The Kier molecular flexibility index (Phi) is 5.22. The van der Waals surface area contributed by atoms with Gasteiger partial charge >= 0.3 is 0 Å². The highest BCUT2D eigenvalue weighted by Gasteiger charge is 2.32. The van der Waals surface area contributed by atoms with Gasteiger partial charge in [-0.3, -0.25) is 4.79 Å². The maximum Gasteiger partial charge on any atom is 0.254 e. The second-order valence-electron chi connectivity index (χ2n) is 6.07. The van der Waals surface area contributed by atoms with Crippen molar-refractivity contribution in [1.29, 1.82) is 0 Å². The SMILES string of the molecule is C=C(C)N=C(SC)c1nnc2n1CCN(C(=O)c1ccc(F)cc1)[C@@H]2C. The van der Waals surface area contributed by atoms with E-state index < -0.39 is 0 Å². The van der Waals surface area contributed by atoms with E-state index in [1.54, 1.807) is 4.90 Å². The molecule has 0 aliphatic carbocycles. The third-order valence-corrected chi connectivity index (χ3v) is 4.87. The summed E-state index contributed by atoms with van der Waals surface area (Å²) in [6.07, 6.45) is 1.93. The van der Waals surface area contributed by atoms with Crippen LogP contribution >= 0.6 is 11.8 Å². The summed E-state index contributed by atoms with van der Waals surface area (Å²) in [5, 5.41) is 9.32. The van der Waals surface area contributed by atoms with Crippen molar-refractivity contribution in [3.8, 4) is 0 Å². The fraction of sp³-hybridized carbons (Fsp3) is 0.333. The van der Waals surface area contributed by atoms with Gasteiger partial charge in [-0.15, -0.1) is 22.0 Å². The number of hydrogen-bond donors (Lipinski definition) is 0. The first-order valence-electron chi connectivity index (χ1n) is 8.20. The van der Waals surface area contributed by atoms with Crippen LogP contribution < -0.4 is 0 Å². The number of fused-ring (bicyclic) bond motifs is 1. The van der Waals surface area contributed by atoms with E-state index in [4.69, 9.17) is 0 Å². The molecule has 1 aromatic heterocycles. The Morgan fingerprint density at radius 1 is 1.31 bits per heavy atom. The number of thioether (sulfide) groups is 1. The number of carbonyl (C=O) groups excluding carboxylic acids is 1. The van der Waals surface area contributed by atoms with Crippen LogP contribution in [0.2, 0.25) is 0 Å². The molecule has 1 aliphatic heterocycles. The van der Waals surface area contributed by atoms with Gasteiger partial charge in [-0.25, -0.2) is 9.38 Å². The predicted molar refractivity (Wildman–Crippen MR) is 101 cm³/mol. The third-order valence-electron chi connectivity index (χ3n) is 4.21. The summed E-state index contributed by atoms with van der Waals surface area (Å²) in [5.41, 5.74) is 1.16. The molecule has 1 aromatic carbocycles. The average molecular weight is 373 g/mol. The van der Waals surface area contributed by atoms with Crippen LogP contribution in [0.25, 0.3) is 0 Å². The smallest absolute Gasteiger partial charge is 0.254 e. The van der Waals surface area contributed by atoms with Crippen LogP contribution in [0.4, 0.5) is 4.39 Å². The molecule has 26 heavy (non-hydrogen) atoms. The zero-order valence-corrected chi connectivity index (χ0v) is 15.8. The van der Waals surface area contributed by atoms with E-state index in [2.05, 4.69) is 21.8 Å². The van der Waals surface area contributed by atoms with Crippen molar-refractivity contribution in [3.05, 3.63) is 59.6 Å². The molecule has 0 bridgehead atoms. The lowest BCUT2D eigenvalue weighted by Crippen LogP contribution is -2.41. The minimum atomic E-state index is -0.362. The van der Waals surface area contributed by atoms with Crippen LogP contribution in [-0.2, 0) is 6.54 Å². The molecule has 2 heterocycles. The topological polar surface area (TPSA) is 63.4 Å². The maximum absolute atomic E-state index is 13.1. The normalized spacial score (nSPS) is 17.2. The number of aromatic nitrogens is 3. The van der Waals surface area contributed by atoms with Gasteiger partial charge in [0, 0.05) is 24.4 Å². The highest BCUT2D eigenvalue weighted by atomic mass is 32.2. The lowest BCUT2D eigenvalue weighted by atomic mass is 10.1. The molecular formula is C18H20FN5OS. The standard InChI is InChI=1S/C18H20FN5OS/c1-11(2)20-17(26-4)16-22-21-15-12(3)23(9-10-24(15)16)18(25)13-5-7-14(19)8-6-13/h5-8,12H,1,9-10H2,2-4H3/t12-/m1/s1. The lowest BCUT2D eigenvalue weighted by Gasteiger charge is -2.33. The van der Waals surface area contributed by atoms with Crippen molar-refractivity contribution in [2.24, 2.45) is 4.99 Å². The number of allylic oxidation sites excluding steroid dienone is 1. The zero-order valence-electron chi connectivity index (χ0n) is 14.9. The molecule has 1 atom stereocenters. The van der Waals surface area contributed by atoms with Gasteiger partial charge in [-0.2, -0.15) is 0 Å². The van der Waals surface area contributed by atoms with Gasteiger partial charge in [0.1, 0.15) is 10.9 Å². The summed E-state index contributed by atoms with van der Waals surface area (Å²) in [7, 11) is 0. The van der Waals surface area contributed by atoms with Crippen molar-refractivity contribution in [1.82, 2.24) is 19.7 Å². The summed E-state index contributed by atoms with van der Waals surface area (Å²) in [6.45, 7) is 8.65. The number of carbonyl (C=O) groups is 1. The van der Waals surface area contributed by atoms with E-state index in [1.165, 1.54) is 36.0 Å². The number of nitrogens with zero attached hydrogens (tertiary/aromatic N) is 5. The molecule has 0 unspecified atom stereocenters. The Hall–Kier alpha value is -2.48. The molecule has 8 heteroatoms. The summed E-state index contributed by atoms with van der Waals surface area (Å²) in [5.74, 6) is 0.898. The molecule has 3 rings (SSSR count). The van der Waals surface area contributed by atoms with E-state index in [0.717, 1.165) is 5.04 Å². The first-order valence-corrected chi connectivity index (χ1v) is 9.43. The molecule has 0 radical (unpaired) electrons. The van der Waals surface area contributed by atoms with Crippen molar-refractivity contribution < 1.29 is 9.18 Å². The number of aliphatic imine (C=N–C) groups is 1. The molecule has 0 N–H and O–H groups in total. The monoisotopic (exact) mass is 373 g/mol. The molecule has 6 nitrogen and oxygen atoms in total. The Morgan fingerprint density at radius 2 is 2.00 bits per heavy atom. The molecular weight excluding hydrogens is 353 g/mol. The summed E-state index contributed by atoms with van der Waals surface area (Å²) < 4.78 is 15.1. The first-order chi connectivity index (χ1) is 12.4.